The summed E-state index contributed by atoms with van der Waals surface area (Å²) in [6.45, 7) is 7.64. The summed E-state index contributed by atoms with van der Waals surface area (Å²) in [6.07, 6.45) is 2.54. The molecule has 0 spiro atoms. The van der Waals surface area contributed by atoms with Gasteiger partial charge >= 0.3 is 0 Å². The van der Waals surface area contributed by atoms with Gasteiger partial charge < -0.3 is 20.5 Å². The lowest BCUT2D eigenvalue weighted by Crippen LogP contribution is -2.39. The Bertz CT molecular complexity index is 802. The zero-order valence-corrected chi connectivity index (χ0v) is 19.5. The average molecular weight is 439 g/mol. The van der Waals surface area contributed by atoms with Gasteiger partial charge in [-0.3, -0.25) is 9.89 Å². The van der Waals surface area contributed by atoms with Crippen LogP contribution in [0.25, 0.3) is 0 Å². The Labute approximate surface area is 192 Å². The van der Waals surface area contributed by atoms with Gasteiger partial charge in [-0.15, -0.1) is 0 Å². The molecule has 3 rings (SSSR count). The number of likely N-dealkylation sites (tertiary alicyclic amines) is 1. The fraction of sp³-hybridized carbons (Fsp3) is 0.500. The van der Waals surface area contributed by atoms with Crippen LogP contribution in [0.3, 0.4) is 0 Å². The molecule has 0 aliphatic carbocycles. The first-order valence-corrected chi connectivity index (χ1v) is 11.8. The number of methoxy groups -OCH3 is 1. The Kier molecular flexibility index (Phi) is 9.85. The smallest absolute Gasteiger partial charge is 0.191 e. The molecule has 6 nitrogen and oxygen atoms in total. The zero-order valence-electron chi connectivity index (χ0n) is 19.5. The highest BCUT2D eigenvalue weighted by Crippen LogP contribution is 2.20. The van der Waals surface area contributed by atoms with Gasteiger partial charge in [0.2, 0.25) is 0 Å². The Hall–Kier alpha value is -2.57. The number of aliphatic hydroxyl groups is 1. The topological polar surface area (TPSA) is 69.1 Å². The summed E-state index contributed by atoms with van der Waals surface area (Å²) in [5.74, 6) is 2.37. The molecule has 0 aromatic heterocycles. The third kappa shape index (κ3) is 7.84. The number of hydrogen-bond acceptors (Lipinski definition) is 4. The number of benzene rings is 2. The van der Waals surface area contributed by atoms with Crippen LogP contribution >= 0.6 is 0 Å². The van der Waals surface area contributed by atoms with Crippen molar-refractivity contribution in [2.45, 2.75) is 38.8 Å². The second-order valence-corrected chi connectivity index (χ2v) is 8.43. The van der Waals surface area contributed by atoms with E-state index in [4.69, 9.17) is 9.73 Å². The molecule has 1 aliphatic rings. The van der Waals surface area contributed by atoms with E-state index >= 15 is 0 Å². The molecule has 174 valence electrons. The van der Waals surface area contributed by atoms with Crippen molar-refractivity contribution in [1.82, 2.24) is 15.5 Å². The van der Waals surface area contributed by atoms with Crippen LogP contribution < -0.4 is 15.4 Å². The molecular weight excluding hydrogens is 400 g/mol. The molecule has 0 amide bonds. The van der Waals surface area contributed by atoms with Crippen LogP contribution in [0.5, 0.6) is 5.75 Å². The molecule has 32 heavy (non-hydrogen) atoms. The molecule has 3 N–H and O–H groups in total. The SMILES string of the molecule is CCNC(=NCC1CCN(Cc2ccc(OC)cc2)CC1)NCCC(O)c1ccccc1. The number of hydrogen-bond donors (Lipinski definition) is 3. The molecule has 6 heteroatoms. The Morgan fingerprint density at radius 1 is 1.09 bits per heavy atom. The average Bonchev–Trinajstić information content (AvgIpc) is 2.84. The number of aliphatic hydroxyl groups excluding tert-OH is 1. The van der Waals surface area contributed by atoms with Crippen LogP contribution in [0.1, 0.15) is 43.4 Å². The van der Waals surface area contributed by atoms with Crippen LogP contribution in [0.4, 0.5) is 0 Å². The minimum atomic E-state index is -0.457. The predicted octanol–water partition coefficient (Wildman–Crippen LogP) is 3.59. The molecule has 1 fully saturated rings. The maximum atomic E-state index is 10.3. The molecule has 0 bridgehead atoms. The second-order valence-electron chi connectivity index (χ2n) is 8.43. The highest BCUT2D eigenvalue weighted by atomic mass is 16.5. The van der Waals surface area contributed by atoms with Crippen molar-refractivity contribution in [2.24, 2.45) is 10.9 Å². The van der Waals surface area contributed by atoms with E-state index in [1.54, 1.807) is 7.11 Å². The number of ether oxygens (including phenoxy) is 1. The highest BCUT2D eigenvalue weighted by Gasteiger charge is 2.19. The standard InChI is InChI=1S/C26H38N4O2/c1-3-27-26(28-16-13-25(31)23-7-5-4-6-8-23)29-19-21-14-17-30(18-15-21)20-22-9-11-24(32-2)12-10-22/h4-12,21,25,31H,3,13-20H2,1-2H3,(H2,27,28,29). The number of piperidine rings is 1. The summed E-state index contributed by atoms with van der Waals surface area (Å²) in [6, 6.07) is 18.2. The van der Waals surface area contributed by atoms with Gasteiger partial charge in [-0.05, 0) is 68.5 Å². The molecule has 2 aromatic rings. The summed E-state index contributed by atoms with van der Waals surface area (Å²) >= 11 is 0. The van der Waals surface area contributed by atoms with Gasteiger partial charge in [0.15, 0.2) is 5.96 Å². The second kappa shape index (κ2) is 13.1. The third-order valence-electron chi connectivity index (χ3n) is 6.02. The van der Waals surface area contributed by atoms with E-state index in [2.05, 4.69) is 34.6 Å². The van der Waals surface area contributed by atoms with Gasteiger partial charge in [0.05, 0.1) is 13.2 Å². The maximum absolute atomic E-state index is 10.3. The Balaban J connectivity index is 1.39. The predicted molar refractivity (Wildman–Crippen MR) is 131 cm³/mol. The fourth-order valence-corrected chi connectivity index (χ4v) is 4.05. The van der Waals surface area contributed by atoms with E-state index in [0.717, 1.165) is 50.0 Å². The summed E-state index contributed by atoms with van der Waals surface area (Å²) in [7, 11) is 1.70. The van der Waals surface area contributed by atoms with Crippen molar-refractivity contribution in [2.75, 3.05) is 39.8 Å². The molecule has 2 aromatic carbocycles. The number of nitrogens with one attached hydrogen (secondary N) is 2. The van der Waals surface area contributed by atoms with E-state index in [9.17, 15) is 5.11 Å². The monoisotopic (exact) mass is 438 g/mol. The highest BCUT2D eigenvalue weighted by molar-refractivity contribution is 5.79. The Morgan fingerprint density at radius 3 is 2.47 bits per heavy atom. The number of guanidine groups is 1. The summed E-state index contributed by atoms with van der Waals surface area (Å²) in [5.41, 5.74) is 2.29. The van der Waals surface area contributed by atoms with Crippen LogP contribution in [0.2, 0.25) is 0 Å². The molecule has 1 heterocycles. The van der Waals surface area contributed by atoms with E-state index in [1.807, 2.05) is 42.5 Å². The maximum Gasteiger partial charge on any atom is 0.191 e. The van der Waals surface area contributed by atoms with Crippen molar-refractivity contribution < 1.29 is 9.84 Å². The molecule has 1 aliphatic heterocycles. The van der Waals surface area contributed by atoms with Gasteiger partial charge in [-0.25, -0.2) is 0 Å². The van der Waals surface area contributed by atoms with Crippen LogP contribution in [0.15, 0.2) is 59.6 Å². The lowest BCUT2D eigenvalue weighted by atomic mass is 9.96. The number of aliphatic imine (C=N–C) groups is 1. The van der Waals surface area contributed by atoms with Crippen molar-refractivity contribution >= 4 is 5.96 Å². The van der Waals surface area contributed by atoms with Gasteiger partial charge in [-0.2, -0.15) is 0 Å². The van der Waals surface area contributed by atoms with Gasteiger partial charge in [0.25, 0.3) is 0 Å². The van der Waals surface area contributed by atoms with Crippen molar-refractivity contribution in [3.63, 3.8) is 0 Å². The Morgan fingerprint density at radius 2 is 1.81 bits per heavy atom. The number of nitrogens with zero attached hydrogens (tertiary/aromatic N) is 2. The largest absolute Gasteiger partial charge is 0.497 e. The molecule has 1 saturated heterocycles. The molecule has 0 radical (unpaired) electrons. The first kappa shape index (κ1) is 24.1. The van der Waals surface area contributed by atoms with E-state index in [0.29, 0.717) is 18.9 Å². The van der Waals surface area contributed by atoms with E-state index in [1.165, 1.54) is 18.4 Å². The van der Waals surface area contributed by atoms with Crippen LogP contribution in [-0.4, -0.2) is 55.8 Å². The quantitative estimate of drug-likeness (QED) is 0.391. The molecule has 1 atom stereocenters. The van der Waals surface area contributed by atoms with E-state index < -0.39 is 6.10 Å². The van der Waals surface area contributed by atoms with E-state index in [-0.39, 0.29) is 0 Å². The van der Waals surface area contributed by atoms with Crippen molar-refractivity contribution in [3.8, 4) is 5.75 Å². The van der Waals surface area contributed by atoms with Crippen molar-refractivity contribution in [1.29, 1.82) is 0 Å². The van der Waals surface area contributed by atoms with Crippen LogP contribution in [-0.2, 0) is 6.54 Å². The fourth-order valence-electron chi connectivity index (χ4n) is 4.05. The first-order valence-electron chi connectivity index (χ1n) is 11.8. The first-order chi connectivity index (χ1) is 15.7. The van der Waals surface area contributed by atoms with Gasteiger partial charge in [0, 0.05) is 26.2 Å². The molecular formula is C26H38N4O2. The summed E-state index contributed by atoms with van der Waals surface area (Å²) in [4.78, 5) is 7.34. The minimum absolute atomic E-state index is 0.457. The minimum Gasteiger partial charge on any atom is -0.497 e. The van der Waals surface area contributed by atoms with Crippen molar-refractivity contribution in [3.05, 3.63) is 65.7 Å². The van der Waals surface area contributed by atoms with Gasteiger partial charge in [0.1, 0.15) is 5.75 Å². The van der Waals surface area contributed by atoms with Crippen LogP contribution in [0, 0.1) is 5.92 Å². The lowest BCUT2D eigenvalue weighted by Gasteiger charge is -2.31. The normalized spacial score (nSPS) is 16.5. The number of rotatable bonds is 10. The third-order valence-corrected chi connectivity index (χ3v) is 6.02. The van der Waals surface area contributed by atoms with Gasteiger partial charge in [-0.1, -0.05) is 42.5 Å². The molecule has 0 saturated carbocycles. The summed E-state index contributed by atoms with van der Waals surface area (Å²) in [5, 5.41) is 17.0. The zero-order chi connectivity index (χ0) is 22.6. The summed E-state index contributed by atoms with van der Waals surface area (Å²) < 4.78 is 5.24. The lowest BCUT2D eigenvalue weighted by molar-refractivity contribution is 0.168. The molecule has 1 unspecified atom stereocenters.